The van der Waals surface area contributed by atoms with Crippen LogP contribution in [0.3, 0.4) is 0 Å². The lowest BCUT2D eigenvalue weighted by Crippen LogP contribution is -2.57. The van der Waals surface area contributed by atoms with E-state index in [9.17, 15) is 4.79 Å². The van der Waals surface area contributed by atoms with Gasteiger partial charge in [0.1, 0.15) is 0 Å². The Labute approximate surface area is 168 Å². The van der Waals surface area contributed by atoms with Crippen LogP contribution in [0.2, 0.25) is 0 Å². The molecule has 1 amide bonds. The Bertz CT molecular complexity index is 636. The quantitative estimate of drug-likeness (QED) is 0.588. The molecule has 1 aromatic rings. The molecule has 0 saturated carbocycles. The Morgan fingerprint density at radius 1 is 1.14 bits per heavy atom. The van der Waals surface area contributed by atoms with Gasteiger partial charge in [-0.2, -0.15) is 0 Å². The Morgan fingerprint density at radius 3 is 2.54 bits per heavy atom. The number of likely N-dealkylation sites (tertiary alicyclic amines) is 1. The van der Waals surface area contributed by atoms with Crippen LogP contribution in [0.1, 0.15) is 32.4 Å². The molecule has 1 atom stereocenters. The number of pyridine rings is 1. The molecule has 2 saturated heterocycles. The van der Waals surface area contributed by atoms with E-state index in [-0.39, 0.29) is 6.04 Å². The van der Waals surface area contributed by atoms with Gasteiger partial charge in [-0.3, -0.25) is 19.7 Å². The van der Waals surface area contributed by atoms with E-state index in [1.807, 2.05) is 29.3 Å². The largest absolute Gasteiger partial charge is 0.357 e. The van der Waals surface area contributed by atoms with E-state index in [2.05, 4.69) is 33.9 Å². The van der Waals surface area contributed by atoms with Gasteiger partial charge in [0.05, 0.1) is 6.04 Å². The molecule has 3 heterocycles. The SMILES string of the molecule is CCNC(=NCCc1ccccn1)N1CCN(C(C)C(=O)N2CCCC2)CC1. The minimum Gasteiger partial charge on any atom is -0.357 e. The maximum absolute atomic E-state index is 12.7. The lowest BCUT2D eigenvalue weighted by atomic mass is 10.2. The second-order valence-electron chi connectivity index (χ2n) is 7.54. The number of carbonyl (C=O) groups excluding carboxylic acids is 1. The maximum Gasteiger partial charge on any atom is 0.239 e. The van der Waals surface area contributed by atoms with E-state index in [1.54, 1.807) is 0 Å². The topological polar surface area (TPSA) is 64.1 Å². The van der Waals surface area contributed by atoms with Crippen molar-refractivity contribution in [2.75, 3.05) is 52.4 Å². The van der Waals surface area contributed by atoms with Crippen LogP contribution in [0.5, 0.6) is 0 Å². The molecule has 1 aromatic heterocycles. The van der Waals surface area contributed by atoms with Gasteiger partial charge in [0.2, 0.25) is 5.91 Å². The summed E-state index contributed by atoms with van der Waals surface area (Å²) in [5.41, 5.74) is 1.07. The van der Waals surface area contributed by atoms with Crippen LogP contribution in [0.4, 0.5) is 0 Å². The first-order chi connectivity index (χ1) is 13.7. The van der Waals surface area contributed by atoms with Gasteiger partial charge in [-0.1, -0.05) is 6.07 Å². The average molecular weight is 387 g/mol. The molecule has 2 aliphatic heterocycles. The van der Waals surface area contributed by atoms with Crippen molar-refractivity contribution >= 4 is 11.9 Å². The molecule has 7 heteroatoms. The smallest absolute Gasteiger partial charge is 0.239 e. The standard InChI is InChI=1S/C21H34N6O/c1-3-22-21(24-11-9-19-8-4-5-10-23-19)27-16-14-25(15-17-27)18(2)20(28)26-12-6-7-13-26/h4-5,8,10,18H,3,6-7,9,11-17H2,1-2H3,(H,22,24). The number of nitrogens with zero attached hydrogens (tertiary/aromatic N) is 5. The Hall–Kier alpha value is -2.15. The predicted octanol–water partition coefficient (Wildman–Crippen LogP) is 1.22. The Kier molecular flexibility index (Phi) is 7.65. The summed E-state index contributed by atoms with van der Waals surface area (Å²) in [6, 6.07) is 5.97. The van der Waals surface area contributed by atoms with E-state index < -0.39 is 0 Å². The number of amides is 1. The predicted molar refractivity (Wildman–Crippen MR) is 112 cm³/mol. The summed E-state index contributed by atoms with van der Waals surface area (Å²) in [5.74, 6) is 1.26. The van der Waals surface area contributed by atoms with E-state index in [0.29, 0.717) is 5.91 Å². The van der Waals surface area contributed by atoms with Crippen molar-refractivity contribution in [3.63, 3.8) is 0 Å². The van der Waals surface area contributed by atoms with Gasteiger partial charge in [-0.15, -0.1) is 0 Å². The monoisotopic (exact) mass is 386 g/mol. The first kappa shape index (κ1) is 20.6. The number of aliphatic imine (C=N–C) groups is 1. The molecule has 0 spiro atoms. The normalized spacial score (nSPS) is 19.7. The summed E-state index contributed by atoms with van der Waals surface area (Å²) in [4.78, 5) is 28.5. The number of guanidine groups is 1. The molecule has 0 aliphatic carbocycles. The van der Waals surface area contributed by atoms with Crippen molar-refractivity contribution < 1.29 is 4.79 Å². The molecule has 28 heavy (non-hydrogen) atoms. The molecule has 0 radical (unpaired) electrons. The third kappa shape index (κ3) is 5.44. The Balaban J connectivity index is 1.50. The molecule has 2 fully saturated rings. The van der Waals surface area contributed by atoms with Crippen molar-refractivity contribution in [1.82, 2.24) is 25.0 Å². The maximum atomic E-state index is 12.7. The number of rotatable bonds is 6. The van der Waals surface area contributed by atoms with Crippen molar-refractivity contribution in [1.29, 1.82) is 0 Å². The fraction of sp³-hybridized carbons (Fsp3) is 0.667. The highest BCUT2D eigenvalue weighted by Crippen LogP contribution is 2.14. The third-order valence-electron chi connectivity index (χ3n) is 5.63. The lowest BCUT2D eigenvalue weighted by Gasteiger charge is -2.39. The number of aromatic nitrogens is 1. The summed E-state index contributed by atoms with van der Waals surface area (Å²) in [6.45, 7) is 11.2. The molecule has 7 nitrogen and oxygen atoms in total. The summed E-state index contributed by atoms with van der Waals surface area (Å²) >= 11 is 0. The van der Waals surface area contributed by atoms with Crippen LogP contribution < -0.4 is 5.32 Å². The van der Waals surface area contributed by atoms with Gasteiger partial charge in [0, 0.05) is 70.7 Å². The van der Waals surface area contributed by atoms with Gasteiger partial charge in [-0.25, -0.2) is 0 Å². The summed E-state index contributed by atoms with van der Waals surface area (Å²) in [5, 5.41) is 3.41. The zero-order valence-corrected chi connectivity index (χ0v) is 17.3. The van der Waals surface area contributed by atoms with Gasteiger partial charge in [0.25, 0.3) is 0 Å². The molecular weight excluding hydrogens is 352 g/mol. The molecular formula is C21H34N6O. The number of carbonyl (C=O) groups is 1. The van der Waals surface area contributed by atoms with E-state index in [0.717, 1.165) is 83.3 Å². The number of piperazine rings is 1. The van der Waals surface area contributed by atoms with Crippen molar-refractivity contribution in [3.8, 4) is 0 Å². The van der Waals surface area contributed by atoms with E-state index in [4.69, 9.17) is 4.99 Å². The van der Waals surface area contributed by atoms with Crippen LogP contribution in [0.15, 0.2) is 29.4 Å². The van der Waals surface area contributed by atoms with Gasteiger partial charge >= 0.3 is 0 Å². The van der Waals surface area contributed by atoms with Crippen LogP contribution >= 0.6 is 0 Å². The summed E-state index contributed by atoms with van der Waals surface area (Å²) in [7, 11) is 0. The van der Waals surface area contributed by atoms with E-state index >= 15 is 0 Å². The van der Waals surface area contributed by atoms with Crippen LogP contribution in [-0.4, -0.2) is 90.0 Å². The molecule has 154 valence electrons. The highest BCUT2D eigenvalue weighted by atomic mass is 16.2. The van der Waals surface area contributed by atoms with Gasteiger partial charge in [0.15, 0.2) is 5.96 Å². The minimum absolute atomic E-state index is 0.0241. The van der Waals surface area contributed by atoms with Crippen LogP contribution in [0, 0.1) is 0 Å². The number of hydrogen-bond donors (Lipinski definition) is 1. The summed E-state index contributed by atoms with van der Waals surface area (Å²) < 4.78 is 0. The van der Waals surface area contributed by atoms with Gasteiger partial charge in [-0.05, 0) is 38.8 Å². The Morgan fingerprint density at radius 2 is 1.89 bits per heavy atom. The number of nitrogens with one attached hydrogen (secondary N) is 1. The van der Waals surface area contributed by atoms with Crippen molar-refractivity contribution in [2.24, 2.45) is 4.99 Å². The fourth-order valence-electron chi connectivity index (χ4n) is 3.93. The molecule has 1 N–H and O–H groups in total. The highest BCUT2D eigenvalue weighted by Gasteiger charge is 2.30. The van der Waals surface area contributed by atoms with Crippen molar-refractivity contribution in [3.05, 3.63) is 30.1 Å². The van der Waals surface area contributed by atoms with Crippen molar-refractivity contribution in [2.45, 2.75) is 39.2 Å². The van der Waals surface area contributed by atoms with E-state index in [1.165, 1.54) is 0 Å². The third-order valence-corrected chi connectivity index (χ3v) is 5.63. The highest BCUT2D eigenvalue weighted by molar-refractivity contribution is 5.82. The second-order valence-corrected chi connectivity index (χ2v) is 7.54. The van der Waals surface area contributed by atoms with Crippen LogP contribution in [-0.2, 0) is 11.2 Å². The summed E-state index contributed by atoms with van der Waals surface area (Å²) in [6.07, 6.45) is 4.96. The molecule has 1 unspecified atom stereocenters. The first-order valence-electron chi connectivity index (χ1n) is 10.6. The molecule has 2 aliphatic rings. The average Bonchev–Trinajstić information content (AvgIpc) is 3.28. The second kappa shape index (κ2) is 10.4. The first-order valence-corrected chi connectivity index (χ1v) is 10.6. The fourth-order valence-corrected chi connectivity index (χ4v) is 3.93. The molecule has 0 bridgehead atoms. The zero-order valence-electron chi connectivity index (χ0n) is 17.3. The number of hydrogen-bond acceptors (Lipinski definition) is 4. The minimum atomic E-state index is -0.0241. The van der Waals surface area contributed by atoms with Gasteiger partial charge < -0.3 is 15.1 Å². The molecule has 0 aromatic carbocycles. The van der Waals surface area contributed by atoms with Crippen LogP contribution in [0.25, 0.3) is 0 Å². The lowest BCUT2D eigenvalue weighted by molar-refractivity contribution is -0.135. The zero-order chi connectivity index (χ0) is 19.8. The molecule has 3 rings (SSSR count).